The van der Waals surface area contributed by atoms with Gasteiger partial charge in [0.2, 0.25) is 5.95 Å². The number of hydrogen-bond acceptors (Lipinski definition) is 6. The summed E-state index contributed by atoms with van der Waals surface area (Å²) in [6.07, 6.45) is 1.05. The van der Waals surface area contributed by atoms with Crippen LogP contribution in [0.3, 0.4) is 0 Å². The summed E-state index contributed by atoms with van der Waals surface area (Å²) >= 11 is 1.66. The summed E-state index contributed by atoms with van der Waals surface area (Å²) in [5, 5.41) is 3.19. The van der Waals surface area contributed by atoms with Crippen LogP contribution < -0.4 is 10.1 Å². The zero-order chi connectivity index (χ0) is 14.5. The van der Waals surface area contributed by atoms with Crippen molar-refractivity contribution in [3.8, 4) is 16.7 Å². The number of anilines is 1. The number of ether oxygens (including phenoxy) is 1. The third-order valence-electron chi connectivity index (χ3n) is 2.45. The summed E-state index contributed by atoms with van der Waals surface area (Å²) in [6, 6.07) is 4.46. The second-order valence-electron chi connectivity index (χ2n) is 4.77. The van der Waals surface area contributed by atoms with Crippen molar-refractivity contribution < 1.29 is 4.74 Å². The van der Waals surface area contributed by atoms with Crippen LogP contribution >= 0.6 is 11.3 Å². The van der Waals surface area contributed by atoms with Crippen molar-refractivity contribution in [1.82, 2.24) is 15.0 Å². The summed E-state index contributed by atoms with van der Waals surface area (Å²) in [5.41, 5.74) is 0. The van der Waals surface area contributed by atoms with Gasteiger partial charge in [-0.05, 0) is 39.3 Å². The maximum Gasteiger partial charge on any atom is 0.322 e. The molecule has 20 heavy (non-hydrogen) atoms. The Balaban J connectivity index is 2.34. The number of aryl methyl sites for hydroxylation is 1. The number of hydrogen-bond donors (Lipinski definition) is 1. The highest BCUT2D eigenvalue weighted by Crippen LogP contribution is 2.26. The van der Waals surface area contributed by atoms with Crippen LogP contribution in [0.25, 0.3) is 10.7 Å². The standard InChI is InChI=1S/C14H20N4OS/c1-5-8-15-13-16-12(11-7-6-10(4)20-11)17-14(18-13)19-9(2)3/h6-7,9H,5,8H2,1-4H3,(H,15,16,17,18). The first-order chi connectivity index (χ1) is 9.58. The van der Waals surface area contributed by atoms with Gasteiger partial charge in [-0.1, -0.05) is 6.92 Å². The van der Waals surface area contributed by atoms with Gasteiger partial charge >= 0.3 is 6.01 Å². The van der Waals surface area contributed by atoms with Crippen molar-refractivity contribution >= 4 is 17.3 Å². The van der Waals surface area contributed by atoms with E-state index in [-0.39, 0.29) is 6.10 Å². The van der Waals surface area contributed by atoms with E-state index in [4.69, 9.17) is 4.74 Å². The predicted octanol–water partition coefficient (Wildman–Crippen LogP) is 3.52. The Hall–Kier alpha value is -1.69. The van der Waals surface area contributed by atoms with Crippen LogP contribution in [0.2, 0.25) is 0 Å². The normalized spacial score (nSPS) is 10.8. The molecule has 0 aromatic carbocycles. The summed E-state index contributed by atoms with van der Waals surface area (Å²) in [4.78, 5) is 15.4. The maximum absolute atomic E-state index is 5.61. The largest absolute Gasteiger partial charge is 0.461 e. The average molecular weight is 292 g/mol. The zero-order valence-electron chi connectivity index (χ0n) is 12.3. The average Bonchev–Trinajstić information content (AvgIpc) is 2.82. The summed E-state index contributed by atoms with van der Waals surface area (Å²) in [6.45, 7) is 8.91. The van der Waals surface area contributed by atoms with Gasteiger partial charge in [-0.15, -0.1) is 11.3 Å². The monoisotopic (exact) mass is 292 g/mol. The highest BCUT2D eigenvalue weighted by atomic mass is 32.1. The molecular weight excluding hydrogens is 272 g/mol. The van der Waals surface area contributed by atoms with Crippen LogP contribution in [0.5, 0.6) is 6.01 Å². The molecular formula is C14H20N4OS. The van der Waals surface area contributed by atoms with Gasteiger partial charge in [0.25, 0.3) is 0 Å². The fourth-order valence-electron chi connectivity index (χ4n) is 1.60. The molecule has 0 saturated carbocycles. The first-order valence-electron chi connectivity index (χ1n) is 6.82. The number of thiophene rings is 1. The van der Waals surface area contributed by atoms with E-state index in [0.717, 1.165) is 17.8 Å². The second kappa shape index (κ2) is 6.65. The highest BCUT2D eigenvalue weighted by Gasteiger charge is 2.11. The summed E-state index contributed by atoms with van der Waals surface area (Å²) in [7, 11) is 0. The Morgan fingerprint density at radius 3 is 2.65 bits per heavy atom. The van der Waals surface area contributed by atoms with Crippen LogP contribution in [0.4, 0.5) is 5.95 Å². The second-order valence-corrected chi connectivity index (χ2v) is 6.06. The third kappa shape index (κ3) is 3.90. The van der Waals surface area contributed by atoms with Crippen molar-refractivity contribution in [3.63, 3.8) is 0 Å². The van der Waals surface area contributed by atoms with Crippen molar-refractivity contribution in [2.24, 2.45) is 0 Å². The Bertz CT molecular complexity index is 568. The van der Waals surface area contributed by atoms with Gasteiger partial charge in [-0.3, -0.25) is 0 Å². The lowest BCUT2D eigenvalue weighted by Gasteiger charge is -2.10. The molecule has 0 atom stereocenters. The molecule has 0 bridgehead atoms. The molecule has 0 radical (unpaired) electrons. The molecule has 1 N–H and O–H groups in total. The Kier molecular flexibility index (Phi) is 4.89. The van der Waals surface area contributed by atoms with Gasteiger partial charge < -0.3 is 10.1 Å². The van der Waals surface area contributed by atoms with Gasteiger partial charge in [0.05, 0.1) is 11.0 Å². The minimum Gasteiger partial charge on any atom is -0.461 e. The number of nitrogens with one attached hydrogen (secondary N) is 1. The van der Waals surface area contributed by atoms with E-state index in [1.807, 2.05) is 19.9 Å². The molecule has 2 rings (SSSR count). The van der Waals surface area contributed by atoms with Crippen LogP contribution in [0, 0.1) is 6.92 Å². The van der Waals surface area contributed by atoms with Gasteiger partial charge in [-0.25, -0.2) is 0 Å². The van der Waals surface area contributed by atoms with E-state index in [2.05, 4.69) is 40.2 Å². The van der Waals surface area contributed by atoms with Crippen molar-refractivity contribution in [2.45, 2.75) is 40.2 Å². The van der Waals surface area contributed by atoms with Crippen LogP contribution in [-0.2, 0) is 0 Å². The molecule has 0 spiro atoms. The van der Waals surface area contributed by atoms with Gasteiger partial charge in [-0.2, -0.15) is 15.0 Å². The highest BCUT2D eigenvalue weighted by molar-refractivity contribution is 7.15. The van der Waals surface area contributed by atoms with Gasteiger partial charge in [0, 0.05) is 11.4 Å². The molecule has 0 aliphatic rings. The molecule has 6 heteroatoms. The molecule has 2 aromatic rings. The fraction of sp³-hybridized carbons (Fsp3) is 0.500. The van der Waals surface area contributed by atoms with Crippen molar-refractivity contribution in [3.05, 3.63) is 17.0 Å². The van der Waals surface area contributed by atoms with Gasteiger partial charge in [0.15, 0.2) is 5.82 Å². The minimum atomic E-state index is 0.0364. The third-order valence-corrected chi connectivity index (χ3v) is 3.45. The predicted molar refractivity (Wildman–Crippen MR) is 82.4 cm³/mol. The molecule has 2 heterocycles. The molecule has 0 amide bonds. The van der Waals surface area contributed by atoms with Crippen LogP contribution in [0.1, 0.15) is 32.1 Å². The lowest BCUT2D eigenvalue weighted by Crippen LogP contribution is -2.12. The molecule has 2 aromatic heterocycles. The van der Waals surface area contributed by atoms with Crippen LogP contribution in [-0.4, -0.2) is 27.6 Å². The molecule has 0 aliphatic heterocycles. The summed E-state index contributed by atoms with van der Waals surface area (Å²) in [5.74, 6) is 1.23. The smallest absolute Gasteiger partial charge is 0.322 e. The molecule has 0 aliphatic carbocycles. The lowest BCUT2D eigenvalue weighted by molar-refractivity contribution is 0.222. The summed E-state index contributed by atoms with van der Waals surface area (Å²) < 4.78 is 5.61. The fourth-order valence-corrected chi connectivity index (χ4v) is 2.40. The van der Waals surface area contributed by atoms with E-state index < -0.39 is 0 Å². The van der Waals surface area contributed by atoms with Crippen molar-refractivity contribution in [1.29, 1.82) is 0 Å². The van der Waals surface area contributed by atoms with E-state index in [9.17, 15) is 0 Å². The van der Waals surface area contributed by atoms with E-state index in [0.29, 0.717) is 17.8 Å². The topological polar surface area (TPSA) is 59.9 Å². The minimum absolute atomic E-state index is 0.0364. The first kappa shape index (κ1) is 14.7. The first-order valence-corrected chi connectivity index (χ1v) is 7.63. The Morgan fingerprint density at radius 2 is 2.05 bits per heavy atom. The Morgan fingerprint density at radius 1 is 1.25 bits per heavy atom. The maximum atomic E-state index is 5.61. The molecule has 0 fully saturated rings. The Labute approximate surface area is 123 Å². The molecule has 108 valence electrons. The van der Waals surface area contributed by atoms with E-state index in [1.165, 1.54) is 4.88 Å². The quantitative estimate of drug-likeness (QED) is 0.882. The lowest BCUT2D eigenvalue weighted by atomic mass is 10.4. The SMILES string of the molecule is CCCNc1nc(OC(C)C)nc(-c2ccc(C)s2)n1. The number of rotatable bonds is 6. The molecule has 0 saturated heterocycles. The van der Waals surface area contributed by atoms with E-state index in [1.54, 1.807) is 11.3 Å². The molecule has 5 nitrogen and oxygen atoms in total. The van der Waals surface area contributed by atoms with E-state index >= 15 is 0 Å². The number of aromatic nitrogens is 3. The molecule has 0 unspecified atom stereocenters. The zero-order valence-corrected chi connectivity index (χ0v) is 13.1. The number of nitrogens with zero attached hydrogens (tertiary/aromatic N) is 3. The van der Waals surface area contributed by atoms with Gasteiger partial charge in [0.1, 0.15) is 0 Å². The van der Waals surface area contributed by atoms with Crippen molar-refractivity contribution in [2.75, 3.05) is 11.9 Å². The van der Waals surface area contributed by atoms with Crippen LogP contribution in [0.15, 0.2) is 12.1 Å².